The first-order chi connectivity index (χ1) is 20.1. The minimum Gasteiger partial charge on any atom is -0.387 e. The van der Waals surface area contributed by atoms with Crippen LogP contribution in [0.5, 0.6) is 0 Å². The molecule has 43 heavy (non-hydrogen) atoms. The number of phosphoric acid groups is 1. The van der Waals surface area contributed by atoms with Crippen molar-refractivity contribution < 1.29 is 57.1 Å². The Kier molecular flexibility index (Phi) is 8.77. The molecule has 0 bridgehead atoms. The van der Waals surface area contributed by atoms with Crippen LogP contribution >= 0.6 is 23.0 Å². The number of aromatic nitrogens is 4. The molecule has 5 rings (SSSR count). The fraction of sp³-hybridized carbons (Fsp3) is 0.318. The summed E-state index contributed by atoms with van der Waals surface area (Å²) in [7, 11) is -15.8. The average molecular weight is 660 g/mol. The van der Waals surface area contributed by atoms with Crippen LogP contribution in [0.1, 0.15) is 11.8 Å². The molecular weight excluding hydrogens is 633 g/mol. The van der Waals surface area contributed by atoms with Crippen LogP contribution in [0.4, 0.5) is 11.8 Å². The standard InChI is InChI=1S/C22H27N6O12P3/c23-19-16-20(26-10-25-19)28(22(27-16)24-8-13-6-3-5-12-4-1-2-7-14(12)13)21-18(30)17(29)15(39-21)9-38-43(36,37)40-42(34,35)11-41(31,32)33/h1-7,10,15,17-18,21,29-30H,8-9,11H2,(H,24,27)(H,34,35)(H,36,37)(H2,23,25,26)(H2,31,32,33)/t15-,17-,18-,21-/m1/s1. The van der Waals surface area contributed by atoms with Gasteiger partial charge in [0.15, 0.2) is 29.1 Å². The van der Waals surface area contributed by atoms with Gasteiger partial charge in [-0.2, -0.15) is 0 Å². The molecule has 1 aliphatic rings. The molecular formula is C22H27N6O12P3. The zero-order valence-electron chi connectivity index (χ0n) is 21.9. The lowest BCUT2D eigenvalue weighted by atomic mass is 10.0. The van der Waals surface area contributed by atoms with Gasteiger partial charge in [-0.25, -0.2) is 23.8 Å². The number of phosphoric ester groups is 1. The van der Waals surface area contributed by atoms with Gasteiger partial charge < -0.3 is 45.6 Å². The Hall–Kier alpha value is -2.82. The number of nitrogens with one attached hydrogen (secondary N) is 1. The van der Waals surface area contributed by atoms with Crippen LogP contribution in [0.2, 0.25) is 0 Å². The minimum atomic E-state index is -5.40. The first-order valence-corrected chi connectivity index (χ1v) is 17.5. The van der Waals surface area contributed by atoms with E-state index in [1.165, 1.54) is 4.57 Å². The third-order valence-electron chi connectivity index (χ3n) is 6.41. The molecule has 2 aromatic carbocycles. The average Bonchev–Trinajstić information content (AvgIpc) is 3.41. The molecule has 0 spiro atoms. The topological polar surface area (TPSA) is 282 Å². The Bertz CT molecular complexity index is 1800. The van der Waals surface area contributed by atoms with E-state index in [1.807, 2.05) is 42.5 Å². The maximum Gasteiger partial charge on any atom is 0.479 e. The molecule has 4 aromatic rings. The molecule has 0 saturated carbocycles. The van der Waals surface area contributed by atoms with Crippen LogP contribution in [-0.4, -0.2) is 80.1 Å². The van der Waals surface area contributed by atoms with Crippen molar-refractivity contribution in [2.75, 3.05) is 23.6 Å². The third kappa shape index (κ3) is 7.13. The van der Waals surface area contributed by atoms with Gasteiger partial charge in [0.25, 0.3) is 0 Å². The fourth-order valence-corrected chi connectivity index (χ4v) is 8.95. The number of aliphatic hydroxyl groups excluding tert-OH is 2. The highest BCUT2D eigenvalue weighted by molar-refractivity contribution is 7.73. The van der Waals surface area contributed by atoms with E-state index in [0.717, 1.165) is 22.7 Å². The number of fused-ring (bicyclic) bond motifs is 2. The van der Waals surface area contributed by atoms with E-state index >= 15 is 0 Å². The van der Waals surface area contributed by atoms with Gasteiger partial charge in [-0.15, -0.1) is 0 Å². The van der Waals surface area contributed by atoms with Crippen molar-refractivity contribution in [3.05, 3.63) is 54.4 Å². The van der Waals surface area contributed by atoms with Crippen LogP contribution in [0, 0.1) is 0 Å². The lowest BCUT2D eigenvalue weighted by Crippen LogP contribution is -2.33. The second kappa shape index (κ2) is 11.9. The summed E-state index contributed by atoms with van der Waals surface area (Å²) in [5.41, 5.74) is 7.19. The molecule has 21 heteroatoms. The van der Waals surface area contributed by atoms with Crippen molar-refractivity contribution in [3.63, 3.8) is 0 Å². The number of hydrogen-bond donors (Lipinski definition) is 8. The summed E-state index contributed by atoms with van der Waals surface area (Å²) in [6.07, 6.45) is -5.11. The highest BCUT2D eigenvalue weighted by atomic mass is 31.3. The summed E-state index contributed by atoms with van der Waals surface area (Å²) >= 11 is 0. The van der Waals surface area contributed by atoms with E-state index in [9.17, 15) is 33.7 Å². The van der Waals surface area contributed by atoms with Crippen molar-refractivity contribution in [1.29, 1.82) is 0 Å². The summed E-state index contributed by atoms with van der Waals surface area (Å²) in [6, 6.07) is 13.5. The number of rotatable bonds is 11. The van der Waals surface area contributed by atoms with Crippen LogP contribution in [0.25, 0.3) is 21.9 Å². The van der Waals surface area contributed by atoms with Gasteiger partial charge in [-0.3, -0.25) is 18.2 Å². The number of nitrogens with two attached hydrogens (primary N) is 1. The normalized spacial score (nSPS) is 23.8. The van der Waals surface area contributed by atoms with Crippen molar-refractivity contribution >= 4 is 56.7 Å². The quantitative estimate of drug-likeness (QED) is 0.105. The van der Waals surface area contributed by atoms with Crippen molar-refractivity contribution in [1.82, 2.24) is 19.5 Å². The SMILES string of the molecule is Nc1ncnc2c1nc(NCc1cccc3ccccc13)n2[C@@H]1O[C@H](COP(=O)(O)OP(=O)(O)CP(=O)(O)O)[C@@H](O)[C@H]1O. The second-order valence-electron chi connectivity index (χ2n) is 9.56. The zero-order chi connectivity index (χ0) is 31.2. The number of nitrogen functional groups attached to an aromatic ring is 1. The Morgan fingerprint density at radius 2 is 1.72 bits per heavy atom. The smallest absolute Gasteiger partial charge is 0.387 e. The van der Waals surface area contributed by atoms with Crippen LogP contribution in [-0.2, 0) is 33.8 Å². The summed E-state index contributed by atoms with van der Waals surface area (Å²) in [6.45, 7) is -0.683. The van der Waals surface area contributed by atoms with E-state index < -0.39 is 60.1 Å². The maximum atomic E-state index is 12.2. The molecule has 0 radical (unpaired) electrons. The van der Waals surface area contributed by atoms with Gasteiger partial charge in [0, 0.05) is 6.54 Å². The van der Waals surface area contributed by atoms with E-state index in [2.05, 4.69) is 29.1 Å². The molecule has 9 N–H and O–H groups in total. The molecule has 0 amide bonds. The van der Waals surface area contributed by atoms with Gasteiger partial charge in [0.1, 0.15) is 24.6 Å². The number of hydrogen-bond acceptors (Lipinski definition) is 13. The summed E-state index contributed by atoms with van der Waals surface area (Å²) < 4.78 is 50.9. The first kappa shape index (κ1) is 31.6. The van der Waals surface area contributed by atoms with Crippen LogP contribution in [0.15, 0.2) is 48.8 Å². The van der Waals surface area contributed by atoms with Crippen molar-refractivity contribution in [2.24, 2.45) is 0 Å². The van der Waals surface area contributed by atoms with Crippen LogP contribution < -0.4 is 11.1 Å². The Morgan fingerprint density at radius 3 is 2.47 bits per heavy atom. The lowest BCUT2D eigenvalue weighted by molar-refractivity contribution is -0.0492. The Morgan fingerprint density at radius 1 is 1.00 bits per heavy atom. The molecule has 0 aliphatic carbocycles. The molecule has 3 heterocycles. The number of ether oxygens (including phenoxy) is 1. The monoisotopic (exact) mass is 660 g/mol. The van der Waals surface area contributed by atoms with Gasteiger partial charge >= 0.3 is 23.0 Å². The summed E-state index contributed by atoms with van der Waals surface area (Å²) in [5.74, 6) is -1.58. The van der Waals surface area contributed by atoms with Crippen molar-refractivity contribution in [3.8, 4) is 0 Å². The molecule has 1 fully saturated rings. The van der Waals surface area contributed by atoms with Gasteiger partial charge in [-0.05, 0) is 16.3 Å². The lowest BCUT2D eigenvalue weighted by Gasteiger charge is -2.20. The predicted molar refractivity (Wildman–Crippen MR) is 151 cm³/mol. The van der Waals surface area contributed by atoms with E-state index in [4.69, 9.17) is 20.3 Å². The summed E-state index contributed by atoms with van der Waals surface area (Å²) in [5, 5.41) is 26.7. The molecule has 1 saturated heterocycles. The molecule has 18 nitrogen and oxygen atoms in total. The van der Waals surface area contributed by atoms with Gasteiger partial charge in [0.05, 0.1) is 6.61 Å². The molecule has 6 atom stereocenters. The molecule has 232 valence electrons. The Labute approximate surface area is 242 Å². The first-order valence-electron chi connectivity index (χ1n) is 12.4. The van der Waals surface area contributed by atoms with Gasteiger partial charge in [0.2, 0.25) is 5.95 Å². The number of aliphatic hydroxyl groups is 2. The van der Waals surface area contributed by atoms with Crippen molar-refractivity contribution in [2.45, 2.75) is 31.1 Å². The molecule has 2 aromatic heterocycles. The molecule has 1 aliphatic heterocycles. The van der Waals surface area contributed by atoms with E-state index in [1.54, 1.807) is 0 Å². The summed E-state index contributed by atoms with van der Waals surface area (Å²) in [4.78, 5) is 49.7. The Balaban J connectivity index is 1.38. The predicted octanol–water partition coefficient (Wildman–Crippen LogP) is 1.25. The number of anilines is 2. The third-order valence-corrected chi connectivity index (χ3v) is 11.6. The van der Waals surface area contributed by atoms with E-state index in [0.29, 0.717) is 0 Å². The van der Waals surface area contributed by atoms with Crippen LogP contribution in [0.3, 0.4) is 0 Å². The minimum absolute atomic E-state index is 0.0204. The number of nitrogens with zero attached hydrogens (tertiary/aromatic N) is 4. The maximum absolute atomic E-state index is 12.2. The molecule has 2 unspecified atom stereocenters. The number of benzene rings is 2. The highest BCUT2D eigenvalue weighted by Gasteiger charge is 2.47. The van der Waals surface area contributed by atoms with E-state index in [-0.39, 0.29) is 29.5 Å². The zero-order valence-corrected chi connectivity index (χ0v) is 24.6. The highest BCUT2D eigenvalue weighted by Crippen LogP contribution is 2.65. The van der Waals surface area contributed by atoms with Gasteiger partial charge in [-0.1, -0.05) is 42.5 Å². The number of imidazole rings is 1. The fourth-order valence-electron chi connectivity index (χ4n) is 4.60. The largest absolute Gasteiger partial charge is 0.479 e. The second-order valence-corrected chi connectivity index (χ2v) is 15.1.